The Balaban J connectivity index is 2.23. The van der Waals surface area contributed by atoms with Crippen molar-refractivity contribution in [2.24, 2.45) is 0 Å². The molecule has 1 atom stereocenters. The van der Waals surface area contributed by atoms with Crippen molar-refractivity contribution < 1.29 is 22.7 Å². The number of rotatable bonds is 3. The standard InChI is InChI=1S/C11H10Cl2O5S/c12-9-2-1-7(5-10(9)19(13,15)16)11(14)18-8-3-4-17-6-8/h1-2,5,8H,3-4,6H2. The molecule has 0 N–H and O–H groups in total. The van der Waals surface area contributed by atoms with Gasteiger partial charge >= 0.3 is 5.97 Å². The fraction of sp³-hybridized carbons (Fsp3) is 0.364. The molecule has 1 saturated heterocycles. The molecule has 0 spiro atoms. The average Bonchev–Trinajstić information content (AvgIpc) is 2.80. The lowest BCUT2D eigenvalue weighted by Crippen LogP contribution is -2.18. The second-order valence-corrected chi connectivity index (χ2v) is 6.92. The summed E-state index contributed by atoms with van der Waals surface area (Å²) in [6.45, 7) is 0.889. The molecule has 104 valence electrons. The molecule has 2 rings (SSSR count). The Morgan fingerprint density at radius 3 is 2.74 bits per heavy atom. The summed E-state index contributed by atoms with van der Waals surface area (Å²) in [5.41, 5.74) is 0.0792. The highest BCUT2D eigenvalue weighted by molar-refractivity contribution is 8.13. The lowest BCUT2D eigenvalue weighted by atomic mass is 10.2. The van der Waals surface area contributed by atoms with Gasteiger partial charge in [0, 0.05) is 17.1 Å². The maximum Gasteiger partial charge on any atom is 0.338 e. The van der Waals surface area contributed by atoms with E-state index in [0.717, 1.165) is 6.07 Å². The van der Waals surface area contributed by atoms with Crippen molar-refractivity contribution in [1.29, 1.82) is 0 Å². The normalized spacial score (nSPS) is 19.4. The largest absolute Gasteiger partial charge is 0.456 e. The Morgan fingerprint density at radius 1 is 1.42 bits per heavy atom. The molecule has 0 aromatic heterocycles. The van der Waals surface area contributed by atoms with Gasteiger partial charge in [0.1, 0.15) is 11.0 Å². The zero-order valence-corrected chi connectivity index (χ0v) is 12.0. The molecule has 1 aromatic rings. The van der Waals surface area contributed by atoms with Crippen molar-refractivity contribution in [1.82, 2.24) is 0 Å². The minimum Gasteiger partial charge on any atom is -0.456 e. The van der Waals surface area contributed by atoms with Gasteiger partial charge in [0.2, 0.25) is 0 Å². The van der Waals surface area contributed by atoms with Gasteiger partial charge in [-0.3, -0.25) is 0 Å². The molecule has 5 nitrogen and oxygen atoms in total. The van der Waals surface area contributed by atoms with Gasteiger partial charge in [-0.25, -0.2) is 13.2 Å². The van der Waals surface area contributed by atoms with Crippen LogP contribution in [0.2, 0.25) is 5.02 Å². The van der Waals surface area contributed by atoms with E-state index in [4.69, 9.17) is 31.8 Å². The van der Waals surface area contributed by atoms with Crippen LogP contribution in [-0.2, 0) is 18.5 Å². The van der Waals surface area contributed by atoms with Gasteiger partial charge in [0.25, 0.3) is 9.05 Å². The topological polar surface area (TPSA) is 69.7 Å². The molecule has 0 amide bonds. The molecule has 1 aliphatic rings. The van der Waals surface area contributed by atoms with E-state index in [2.05, 4.69) is 0 Å². The van der Waals surface area contributed by atoms with Crippen LogP contribution in [-0.4, -0.2) is 33.7 Å². The number of carbonyl (C=O) groups excluding carboxylic acids is 1. The van der Waals surface area contributed by atoms with Crippen LogP contribution in [0.4, 0.5) is 0 Å². The molecule has 0 radical (unpaired) electrons. The van der Waals surface area contributed by atoms with E-state index in [-0.39, 0.29) is 21.6 Å². The molecule has 19 heavy (non-hydrogen) atoms. The van der Waals surface area contributed by atoms with E-state index >= 15 is 0 Å². The van der Waals surface area contributed by atoms with Crippen LogP contribution < -0.4 is 0 Å². The highest BCUT2D eigenvalue weighted by Gasteiger charge is 2.23. The van der Waals surface area contributed by atoms with Gasteiger partial charge in [-0.1, -0.05) is 11.6 Å². The first-order valence-electron chi connectivity index (χ1n) is 5.41. The minimum atomic E-state index is -4.01. The Morgan fingerprint density at radius 2 is 2.16 bits per heavy atom. The zero-order valence-electron chi connectivity index (χ0n) is 9.64. The number of halogens is 2. The first kappa shape index (κ1) is 14.6. The summed E-state index contributed by atoms with van der Waals surface area (Å²) in [6, 6.07) is 3.77. The van der Waals surface area contributed by atoms with Crippen molar-refractivity contribution in [3.63, 3.8) is 0 Å². The first-order chi connectivity index (χ1) is 8.88. The second-order valence-electron chi connectivity index (χ2n) is 3.97. The lowest BCUT2D eigenvalue weighted by molar-refractivity contribution is 0.0270. The average molecular weight is 325 g/mol. The Hall–Kier alpha value is -0.820. The summed E-state index contributed by atoms with van der Waals surface area (Å²) in [4.78, 5) is 11.5. The molecule has 1 aliphatic heterocycles. The van der Waals surface area contributed by atoms with E-state index in [9.17, 15) is 13.2 Å². The number of carbonyl (C=O) groups is 1. The van der Waals surface area contributed by atoms with Crippen LogP contribution in [0, 0.1) is 0 Å². The molecule has 0 bridgehead atoms. The smallest absolute Gasteiger partial charge is 0.338 e. The van der Waals surface area contributed by atoms with Crippen molar-refractivity contribution in [2.45, 2.75) is 17.4 Å². The summed E-state index contributed by atoms with van der Waals surface area (Å²) >= 11 is 5.72. The summed E-state index contributed by atoms with van der Waals surface area (Å²) in [5.74, 6) is -0.631. The van der Waals surface area contributed by atoms with Crippen LogP contribution in [0.5, 0.6) is 0 Å². The number of esters is 1. The third-order valence-corrected chi connectivity index (χ3v) is 4.39. The van der Waals surface area contributed by atoms with Gasteiger partial charge in [0.15, 0.2) is 0 Å². The van der Waals surface area contributed by atoms with Gasteiger partial charge in [0.05, 0.1) is 23.8 Å². The van der Waals surface area contributed by atoms with Crippen LogP contribution in [0.25, 0.3) is 0 Å². The number of hydrogen-bond donors (Lipinski definition) is 0. The van der Waals surface area contributed by atoms with Gasteiger partial charge in [-0.05, 0) is 18.2 Å². The van der Waals surface area contributed by atoms with Gasteiger partial charge < -0.3 is 9.47 Å². The van der Waals surface area contributed by atoms with Gasteiger partial charge in [-0.15, -0.1) is 0 Å². The quantitative estimate of drug-likeness (QED) is 0.629. The number of hydrogen-bond acceptors (Lipinski definition) is 5. The second kappa shape index (κ2) is 5.66. The monoisotopic (exact) mass is 324 g/mol. The van der Waals surface area contributed by atoms with Crippen molar-refractivity contribution in [2.75, 3.05) is 13.2 Å². The highest BCUT2D eigenvalue weighted by atomic mass is 35.7. The highest BCUT2D eigenvalue weighted by Crippen LogP contribution is 2.26. The molecule has 1 unspecified atom stereocenters. The van der Waals surface area contributed by atoms with Crippen molar-refractivity contribution in [3.05, 3.63) is 28.8 Å². The molecule has 1 fully saturated rings. The van der Waals surface area contributed by atoms with Crippen LogP contribution in [0.15, 0.2) is 23.1 Å². The Labute approximate surface area is 119 Å². The third kappa shape index (κ3) is 3.60. The molecule has 0 saturated carbocycles. The van der Waals surface area contributed by atoms with E-state index < -0.39 is 15.0 Å². The summed E-state index contributed by atoms with van der Waals surface area (Å²) in [6.07, 6.45) is 0.319. The predicted octanol–water partition coefficient (Wildman–Crippen LogP) is 2.21. The fourth-order valence-electron chi connectivity index (χ4n) is 1.64. The minimum absolute atomic E-state index is 0.0456. The predicted molar refractivity (Wildman–Crippen MR) is 69.1 cm³/mol. The summed E-state index contributed by atoms with van der Waals surface area (Å²) in [5, 5.41) is -0.0456. The Kier molecular flexibility index (Phi) is 4.35. The van der Waals surface area contributed by atoms with Crippen molar-refractivity contribution >= 4 is 37.3 Å². The first-order valence-corrected chi connectivity index (χ1v) is 8.09. The molecular formula is C11H10Cl2O5S. The van der Waals surface area contributed by atoms with Crippen LogP contribution in [0.3, 0.4) is 0 Å². The molecule has 1 heterocycles. The zero-order chi connectivity index (χ0) is 14.0. The maximum atomic E-state index is 11.8. The summed E-state index contributed by atoms with van der Waals surface area (Å²) < 4.78 is 32.8. The Bertz CT molecular complexity index is 593. The molecule has 0 aliphatic carbocycles. The van der Waals surface area contributed by atoms with Gasteiger partial charge in [-0.2, -0.15) is 0 Å². The maximum absolute atomic E-state index is 11.8. The SMILES string of the molecule is O=C(OC1CCOC1)c1ccc(Cl)c(S(=O)(=O)Cl)c1. The van der Waals surface area contributed by atoms with E-state index in [1.54, 1.807) is 0 Å². The van der Waals surface area contributed by atoms with Crippen LogP contribution >= 0.6 is 22.3 Å². The molecule has 1 aromatic carbocycles. The number of benzene rings is 1. The lowest BCUT2D eigenvalue weighted by Gasteiger charge is -2.10. The van der Waals surface area contributed by atoms with Crippen LogP contribution in [0.1, 0.15) is 16.8 Å². The fourth-order valence-corrected chi connectivity index (χ4v) is 3.13. The number of ether oxygens (including phenoxy) is 2. The van der Waals surface area contributed by atoms with Crippen molar-refractivity contribution in [3.8, 4) is 0 Å². The third-order valence-electron chi connectivity index (χ3n) is 2.59. The molecule has 8 heteroatoms. The summed E-state index contributed by atoms with van der Waals surface area (Å²) in [7, 11) is 1.22. The van der Waals surface area contributed by atoms with E-state index in [0.29, 0.717) is 19.6 Å². The van der Waals surface area contributed by atoms with E-state index in [1.807, 2.05) is 0 Å². The molecular weight excluding hydrogens is 315 g/mol. The van der Waals surface area contributed by atoms with E-state index in [1.165, 1.54) is 12.1 Å².